The predicted octanol–water partition coefficient (Wildman–Crippen LogP) is 4.21. The highest BCUT2D eigenvalue weighted by Gasteiger charge is 2.13. The first-order chi connectivity index (χ1) is 13.2. The molecule has 0 fully saturated rings. The summed E-state index contributed by atoms with van der Waals surface area (Å²) in [6.45, 7) is 3.37. The van der Waals surface area contributed by atoms with Crippen LogP contribution in [-0.2, 0) is 6.54 Å². The number of aryl methyl sites for hydroxylation is 1. The van der Waals surface area contributed by atoms with Gasteiger partial charge in [0.1, 0.15) is 11.5 Å². The molecule has 1 aromatic heterocycles. The first kappa shape index (κ1) is 19.5. The highest BCUT2D eigenvalue weighted by Crippen LogP contribution is 2.24. The summed E-state index contributed by atoms with van der Waals surface area (Å²) in [7, 11) is 1.56. The van der Waals surface area contributed by atoms with Gasteiger partial charge < -0.3 is 14.0 Å². The van der Waals surface area contributed by atoms with Crippen LogP contribution >= 0.6 is 23.1 Å². The Labute approximate surface area is 166 Å². The molecule has 27 heavy (non-hydrogen) atoms. The summed E-state index contributed by atoms with van der Waals surface area (Å²) in [6, 6.07) is 13.1. The van der Waals surface area contributed by atoms with Crippen LogP contribution in [0.3, 0.4) is 0 Å². The average molecular weight is 403 g/mol. The maximum atomic E-state index is 12.8. The Morgan fingerprint density at radius 3 is 2.81 bits per heavy atom. The third-order valence-electron chi connectivity index (χ3n) is 4.02. The van der Waals surface area contributed by atoms with Crippen LogP contribution in [-0.4, -0.2) is 36.2 Å². The lowest BCUT2D eigenvalue weighted by atomic mass is 10.2. The molecule has 1 heterocycles. The lowest BCUT2D eigenvalue weighted by Gasteiger charge is -2.06. The third kappa shape index (κ3) is 4.36. The number of methoxy groups -OCH3 is 1. The van der Waals surface area contributed by atoms with Gasteiger partial charge in [-0.05, 0) is 43.5 Å². The number of rotatable bonds is 7. The fraction of sp³-hybridized carbons (Fsp3) is 0.300. The number of nitrogens with zero attached hydrogens (tertiary/aromatic N) is 2. The Bertz CT molecular complexity index is 1010. The maximum Gasteiger partial charge on any atom is 0.283 e. The van der Waals surface area contributed by atoms with Crippen molar-refractivity contribution in [3.8, 4) is 11.5 Å². The molecule has 142 valence electrons. The molecule has 3 rings (SSSR count). The molecule has 0 aliphatic rings. The number of ether oxygens (including phenoxy) is 2. The molecular formula is C20H22N2O3S2. The number of thioether (sulfide) groups is 1. The SMILES string of the molecule is CCOc1ccc2c(c1)sc(=NC(=O)c1ccccc1OC)n2CCSC. The van der Waals surface area contributed by atoms with Crippen molar-refractivity contribution in [1.29, 1.82) is 0 Å². The number of benzene rings is 2. The number of hydrogen-bond donors (Lipinski definition) is 0. The van der Waals surface area contributed by atoms with E-state index in [4.69, 9.17) is 9.47 Å². The van der Waals surface area contributed by atoms with Crippen molar-refractivity contribution in [3.05, 3.63) is 52.8 Å². The molecule has 2 aromatic carbocycles. The standard InChI is InChI=1S/C20H22N2O3S2/c1-4-25-14-9-10-16-18(13-14)27-20(22(16)11-12-26-3)21-19(23)15-7-5-6-8-17(15)24-2/h5-10,13H,4,11-12H2,1-3H3. The Hall–Kier alpha value is -2.25. The number of carbonyl (C=O) groups is 1. The van der Waals surface area contributed by atoms with Crippen molar-refractivity contribution in [2.45, 2.75) is 13.5 Å². The first-order valence-corrected chi connectivity index (χ1v) is 10.9. The number of fused-ring (bicyclic) bond motifs is 1. The first-order valence-electron chi connectivity index (χ1n) is 8.65. The predicted molar refractivity (Wildman–Crippen MR) is 112 cm³/mol. The number of hydrogen-bond acceptors (Lipinski definition) is 5. The largest absolute Gasteiger partial charge is 0.496 e. The van der Waals surface area contributed by atoms with E-state index in [1.807, 2.05) is 37.3 Å². The van der Waals surface area contributed by atoms with Gasteiger partial charge in [0, 0.05) is 12.3 Å². The summed E-state index contributed by atoms with van der Waals surface area (Å²) in [5.41, 5.74) is 1.52. The molecule has 0 unspecified atom stereocenters. The molecule has 3 aromatic rings. The van der Waals surface area contributed by atoms with Gasteiger partial charge in [0.05, 0.1) is 29.5 Å². The van der Waals surface area contributed by atoms with Crippen LogP contribution in [0.5, 0.6) is 11.5 Å². The van der Waals surface area contributed by atoms with E-state index >= 15 is 0 Å². The van der Waals surface area contributed by atoms with Crippen molar-refractivity contribution in [2.24, 2.45) is 4.99 Å². The molecule has 0 aliphatic heterocycles. The second-order valence-corrected chi connectivity index (χ2v) is 7.70. The second-order valence-electron chi connectivity index (χ2n) is 5.71. The van der Waals surface area contributed by atoms with Gasteiger partial charge in [-0.1, -0.05) is 23.5 Å². The molecule has 1 amide bonds. The smallest absolute Gasteiger partial charge is 0.283 e. The van der Waals surface area contributed by atoms with Crippen LogP contribution in [0.15, 0.2) is 47.5 Å². The number of thiazole rings is 1. The van der Waals surface area contributed by atoms with E-state index in [0.717, 1.165) is 28.3 Å². The van der Waals surface area contributed by atoms with E-state index < -0.39 is 0 Å². The van der Waals surface area contributed by atoms with Crippen LogP contribution in [0, 0.1) is 0 Å². The summed E-state index contributed by atoms with van der Waals surface area (Å²) < 4.78 is 14.0. The number of amides is 1. The van der Waals surface area contributed by atoms with Crippen LogP contribution in [0.4, 0.5) is 0 Å². The molecule has 5 nitrogen and oxygen atoms in total. The van der Waals surface area contributed by atoms with E-state index in [-0.39, 0.29) is 5.91 Å². The molecule has 0 aliphatic carbocycles. The summed E-state index contributed by atoms with van der Waals surface area (Å²) >= 11 is 3.26. The molecule has 0 N–H and O–H groups in total. The zero-order valence-corrected chi connectivity index (χ0v) is 17.2. The van der Waals surface area contributed by atoms with E-state index in [2.05, 4.69) is 15.8 Å². The Kier molecular flexibility index (Phi) is 6.58. The number of carbonyl (C=O) groups excluding carboxylic acids is 1. The average Bonchev–Trinajstić information content (AvgIpc) is 3.02. The highest BCUT2D eigenvalue weighted by atomic mass is 32.2. The lowest BCUT2D eigenvalue weighted by molar-refractivity contribution is 0.0995. The molecular weight excluding hydrogens is 380 g/mol. The Balaban J connectivity index is 2.10. The van der Waals surface area contributed by atoms with Crippen LogP contribution < -0.4 is 14.3 Å². The minimum atomic E-state index is -0.304. The van der Waals surface area contributed by atoms with E-state index in [1.54, 1.807) is 31.0 Å². The van der Waals surface area contributed by atoms with Gasteiger partial charge >= 0.3 is 0 Å². The van der Waals surface area contributed by atoms with Crippen molar-refractivity contribution in [1.82, 2.24) is 4.57 Å². The van der Waals surface area contributed by atoms with Crippen molar-refractivity contribution < 1.29 is 14.3 Å². The highest BCUT2D eigenvalue weighted by molar-refractivity contribution is 7.98. The second kappa shape index (κ2) is 9.10. The fourth-order valence-corrected chi connectivity index (χ4v) is 4.21. The molecule has 7 heteroatoms. The van der Waals surface area contributed by atoms with Crippen molar-refractivity contribution >= 4 is 39.2 Å². The van der Waals surface area contributed by atoms with Gasteiger partial charge in [0.2, 0.25) is 0 Å². The minimum Gasteiger partial charge on any atom is -0.496 e. The summed E-state index contributed by atoms with van der Waals surface area (Å²) in [5.74, 6) is 1.99. The molecule has 0 saturated carbocycles. The number of para-hydroxylation sites is 1. The molecule has 0 atom stereocenters. The molecule has 0 saturated heterocycles. The molecule has 0 radical (unpaired) electrons. The topological polar surface area (TPSA) is 52.8 Å². The summed E-state index contributed by atoms with van der Waals surface area (Å²) in [4.78, 5) is 17.9. The van der Waals surface area contributed by atoms with Crippen LogP contribution in [0.2, 0.25) is 0 Å². The quantitative estimate of drug-likeness (QED) is 0.594. The third-order valence-corrected chi connectivity index (χ3v) is 5.65. The van der Waals surface area contributed by atoms with Gasteiger partial charge in [-0.3, -0.25) is 4.79 Å². The van der Waals surface area contributed by atoms with Gasteiger partial charge in [0.25, 0.3) is 5.91 Å². The normalized spacial score (nSPS) is 11.7. The van der Waals surface area contributed by atoms with Crippen molar-refractivity contribution in [2.75, 3.05) is 25.7 Å². The number of aromatic nitrogens is 1. The van der Waals surface area contributed by atoms with Crippen molar-refractivity contribution in [3.63, 3.8) is 0 Å². The molecule has 0 bridgehead atoms. The Morgan fingerprint density at radius 2 is 2.07 bits per heavy atom. The van der Waals surface area contributed by atoms with Crippen LogP contribution in [0.25, 0.3) is 10.2 Å². The van der Waals surface area contributed by atoms with Crippen LogP contribution in [0.1, 0.15) is 17.3 Å². The van der Waals surface area contributed by atoms with Gasteiger partial charge in [-0.25, -0.2) is 0 Å². The molecule has 0 spiro atoms. The maximum absolute atomic E-state index is 12.8. The Morgan fingerprint density at radius 1 is 1.26 bits per heavy atom. The fourth-order valence-electron chi connectivity index (χ4n) is 2.76. The monoisotopic (exact) mass is 402 g/mol. The zero-order chi connectivity index (χ0) is 19.2. The summed E-state index contributed by atoms with van der Waals surface area (Å²) in [6.07, 6.45) is 2.07. The van der Waals surface area contributed by atoms with E-state index in [1.165, 1.54) is 11.3 Å². The summed E-state index contributed by atoms with van der Waals surface area (Å²) in [5, 5.41) is 0. The zero-order valence-electron chi connectivity index (χ0n) is 15.6. The van der Waals surface area contributed by atoms with Gasteiger partial charge in [-0.2, -0.15) is 16.8 Å². The lowest BCUT2D eigenvalue weighted by Crippen LogP contribution is -2.18. The van der Waals surface area contributed by atoms with E-state index in [9.17, 15) is 4.79 Å². The van der Waals surface area contributed by atoms with Gasteiger partial charge in [-0.15, -0.1) is 0 Å². The van der Waals surface area contributed by atoms with Gasteiger partial charge in [0.15, 0.2) is 4.80 Å². The van der Waals surface area contributed by atoms with E-state index in [0.29, 0.717) is 22.7 Å². The minimum absolute atomic E-state index is 0.304.